The number of benzene rings is 1. The highest BCUT2D eigenvalue weighted by molar-refractivity contribution is 5.87. The molecule has 4 nitrogen and oxygen atoms in total. The monoisotopic (exact) mass is 330 g/mol. The number of halogens is 3. The number of alkyl halides is 3. The van der Waals surface area contributed by atoms with Gasteiger partial charge < -0.3 is 5.11 Å². The summed E-state index contributed by atoms with van der Waals surface area (Å²) >= 11 is 0. The molecule has 2 rings (SSSR count). The van der Waals surface area contributed by atoms with Crippen LogP contribution in [-0.2, 0) is 6.54 Å². The maximum atomic E-state index is 12.5. The highest BCUT2D eigenvalue weighted by atomic mass is 19.4. The van der Waals surface area contributed by atoms with Crippen LogP contribution in [0.3, 0.4) is 0 Å². The van der Waals surface area contributed by atoms with Gasteiger partial charge in [0.15, 0.2) is 0 Å². The van der Waals surface area contributed by atoms with Crippen LogP contribution in [0, 0.1) is 0 Å². The average Bonchev–Trinajstić information content (AvgIpc) is 2.40. The number of carboxylic acids is 1. The maximum absolute atomic E-state index is 12.5. The Morgan fingerprint density at radius 1 is 1.22 bits per heavy atom. The van der Waals surface area contributed by atoms with Gasteiger partial charge in [-0.15, -0.1) is 0 Å². The van der Waals surface area contributed by atoms with Crippen LogP contribution >= 0.6 is 0 Å². The van der Waals surface area contributed by atoms with Crippen molar-refractivity contribution in [1.29, 1.82) is 0 Å². The third-order valence-electron chi connectivity index (χ3n) is 4.13. The Morgan fingerprint density at radius 3 is 2.30 bits per heavy atom. The minimum atomic E-state index is -4.18. The normalized spacial score (nSPS) is 19.7. The van der Waals surface area contributed by atoms with Crippen LogP contribution in [0.1, 0.15) is 29.8 Å². The van der Waals surface area contributed by atoms with Crippen molar-refractivity contribution in [2.45, 2.75) is 32.1 Å². The lowest BCUT2D eigenvalue weighted by molar-refractivity contribution is -0.155. The van der Waals surface area contributed by atoms with Crippen molar-refractivity contribution >= 4 is 5.97 Å². The first kappa shape index (κ1) is 17.7. The highest BCUT2D eigenvalue weighted by Gasteiger charge is 2.38. The van der Waals surface area contributed by atoms with Crippen molar-refractivity contribution in [1.82, 2.24) is 9.80 Å². The Bertz CT molecular complexity index is 555. The number of hydrogen-bond donors (Lipinski definition) is 1. The molecule has 0 radical (unpaired) electrons. The van der Waals surface area contributed by atoms with Gasteiger partial charge in [0.25, 0.3) is 0 Å². The summed E-state index contributed by atoms with van der Waals surface area (Å²) in [6.45, 7) is 4.84. The summed E-state index contributed by atoms with van der Waals surface area (Å²) in [6, 6.07) is 6.60. The zero-order valence-corrected chi connectivity index (χ0v) is 13.2. The molecule has 0 unspecified atom stereocenters. The molecule has 0 bridgehead atoms. The fourth-order valence-corrected chi connectivity index (χ4v) is 2.95. The lowest BCUT2D eigenvalue weighted by atomic mass is 9.97. The van der Waals surface area contributed by atoms with Crippen molar-refractivity contribution in [2.24, 2.45) is 0 Å². The van der Waals surface area contributed by atoms with Gasteiger partial charge in [0.2, 0.25) is 0 Å². The van der Waals surface area contributed by atoms with Gasteiger partial charge in [0.05, 0.1) is 12.1 Å². The topological polar surface area (TPSA) is 43.8 Å². The van der Waals surface area contributed by atoms with E-state index in [-0.39, 0.29) is 11.1 Å². The second-order valence-electron chi connectivity index (χ2n) is 6.56. The van der Waals surface area contributed by atoms with E-state index in [1.165, 1.54) is 4.90 Å². The van der Waals surface area contributed by atoms with Gasteiger partial charge in [0.1, 0.15) is 0 Å². The molecule has 128 valence electrons. The number of rotatable bonds is 4. The van der Waals surface area contributed by atoms with Crippen LogP contribution in [0.4, 0.5) is 13.2 Å². The van der Waals surface area contributed by atoms with E-state index in [2.05, 4.69) is 4.90 Å². The van der Waals surface area contributed by atoms with Crippen LogP contribution < -0.4 is 0 Å². The van der Waals surface area contributed by atoms with Crippen molar-refractivity contribution in [3.05, 3.63) is 35.4 Å². The van der Waals surface area contributed by atoms with E-state index < -0.39 is 18.7 Å². The molecule has 0 aromatic heterocycles. The van der Waals surface area contributed by atoms with Crippen LogP contribution in [0.15, 0.2) is 24.3 Å². The molecule has 23 heavy (non-hydrogen) atoms. The molecule has 1 heterocycles. The molecular formula is C16H21F3N2O2. The number of piperazine rings is 1. The van der Waals surface area contributed by atoms with Gasteiger partial charge in [-0.1, -0.05) is 12.1 Å². The molecule has 1 aromatic carbocycles. The first-order valence-electron chi connectivity index (χ1n) is 7.43. The zero-order chi connectivity index (χ0) is 17.3. The molecule has 1 aliphatic rings. The van der Waals surface area contributed by atoms with Gasteiger partial charge >= 0.3 is 12.1 Å². The minimum absolute atomic E-state index is 0.225. The Kier molecular flexibility index (Phi) is 5.01. The zero-order valence-electron chi connectivity index (χ0n) is 13.2. The number of hydrogen-bond acceptors (Lipinski definition) is 3. The largest absolute Gasteiger partial charge is 0.478 e. The third kappa shape index (κ3) is 4.94. The summed E-state index contributed by atoms with van der Waals surface area (Å²) < 4.78 is 37.6. The van der Waals surface area contributed by atoms with E-state index in [9.17, 15) is 18.0 Å². The summed E-state index contributed by atoms with van der Waals surface area (Å²) in [6.07, 6.45) is -4.18. The van der Waals surface area contributed by atoms with Gasteiger partial charge in [-0.25, -0.2) is 4.79 Å². The molecule has 1 aliphatic heterocycles. The van der Waals surface area contributed by atoms with Crippen molar-refractivity contribution in [3.63, 3.8) is 0 Å². The predicted octanol–water partition coefficient (Wildman–Crippen LogP) is 2.84. The molecule has 1 fully saturated rings. The van der Waals surface area contributed by atoms with E-state index >= 15 is 0 Å². The first-order valence-corrected chi connectivity index (χ1v) is 7.43. The Labute approximate surface area is 133 Å². The minimum Gasteiger partial charge on any atom is -0.478 e. The smallest absolute Gasteiger partial charge is 0.401 e. The molecule has 1 saturated heterocycles. The van der Waals surface area contributed by atoms with Crippen LogP contribution in [-0.4, -0.2) is 58.8 Å². The van der Waals surface area contributed by atoms with Crippen molar-refractivity contribution < 1.29 is 23.1 Å². The van der Waals surface area contributed by atoms with E-state index in [0.717, 1.165) is 5.56 Å². The maximum Gasteiger partial charge on any atom is 0.401 e. The molecule has 0 saturated carbocycles. The molecule has 1 aromatic rings. The van der Waals surface area contributed by atoms with E-state index in [1.807, 2.05) is 13.8 Å². The van der Waals surface area contributed by atoms with E-state index in [1.54, 1.807) is 24.3 Å². The number of nitrogens with zero attached hydrogens (tertiary/aromatic N) is 2. The standard InChI is InChI=1S/C16H21F3N2O2/c1-15(2)10-20(11-16(17,18)19)7-8-21(15)9-12-3-5-13(6-4-12)14(22)23/h3-6H,7-11H2,1-2H3,(H,22,23). The summed E-state index contributed by atoms with van der Waals surface area (Å²) in [4.78, 5) is 14.4. The number of carbonyl (C=O) groups is 1. The molecule has 7 heteroatoms. The van der Waals surface area contributed by atoms with Gasteiger partial charge in [-0.05, 0) is 31.5 Å². The Balaban J connectivity index is 2.00. The SMILES string of the molecule is CC1(C)CN(CC(F)(F)F)CCN1Cc1ccc(C(=O)O)cc1. The fraction of sp³-hybridized carbons (Fsp3) is 0.562. The quantitative estimate of drug-likeness (QED) is 0.922. The van der Waals surface area contributed by atoms with Crippen molar-refractivity contribution in [3.8, 4) is 0 Å². The molecule has 0 spiro atoms. The van der Waals surface area contributed by atoms with Crippen LogP contribution in [0.5, 0.6) is 0 Å². The van der Waals surface area contributed by atoms with Gasteiger partial charge in [0, 0.05) is 31.7 Å². The lowest BCUT2D eigenvalue weighted by Gasteiger charge is -2.47. The second-order valence-corrected chi connectivity index (χ2v) is 6.56. The van der Waals surface area contributed by atoms with E-state index in [0.29, 0.717) is 26.2 Å². The average molecular weight is 330 g/mol. The van der Waals surface area contributed by atoms with E-state index in [4.69, 9.17) is 5.11 Å². The van der Waals surface area contributed by atoms with Crippen molar-refractivity contribution in [2.75, 3.05) is 26.2 Å². The predicted molar refractivity (Wildman–Crippen MR) is 80.4 cm³/mol. The van der Waals surface area contributed by atoms with Gasteiger partial charge in [-0.2, -0.15) is 13.2 Å². The third-order valence-corrected chi connectivity index (χ3v) is 4.13. The van der Waals surface area contributed by atoms with Crippen LogP contribution in [0.2, 0.25) is 0 Å². The van der Waals surface area contributed by atoms with Crippen LogP contribution in [0.25, 0.3) is 0 Å². The fourth-order valence-electron chi connectivity index (χ4n) is 2.95. The number of carboxylic acid groups (broad SMARTS) is 1. The number of aromatic carboxylic acids is 1. The molecular weight excluding hydrogens is 309 g/mol. The lowest BCUT2D eigenvalue weighted by Crippen LogP contribution is -2.59. The summed E-state index contributed by atoms with van der Waals surface area (Å²) in [5, 5.41) is 8.89. The highest BCUT2D eigenvalue weighted by Crippen LogP contribution is 2.26. The summed E-state index contributed by atoms with van der Waals surface area (Å²) in [5.41, 5.74) is 0.796. The second kappa shape index (κ2) is 6.49. The Morgan fingerprint density at radius 2 is 1.83 bits per heavy atom. The Hall–Kier alpha value is -1.60. The molecule has 0 atom stereocenters. The molecule has 1 N–H and O–H groups in total. The summed E-state index contributed by atoms with van der Waals surface area (Å²) in [5.74, 6) is -0.974. The first-order chi connectivity index (χ1) is 10.6. The summed E-state index contributed by atoms with van der Waals surface area (Å²) in [7, 11) is 0. The molecule has 0 aliphatic carbocycles. The molecule has 0 amide bonds. The van der Waals surface area contributed by atoms with Gasteiger partial charge in [-0.3, -0.25) is 9.80 Å².